The average molecular weight is 161 g/mol. The third kappa shape index (κ3) is 1.03. The molecule has 0 fully saturated rings. The van der Waals surface area contributed by atoms with Gasteiger partial charge in [-0.1, -0.05) is 6.07 Å². The van der Waals surface area contributed by atoms with Crippen molar-refractivity contribution in [3.8, 4) is 5.82 Å². The Morgan fingerprint density at radius 2 is 2.33 bits per heavy atom. The van der Waals surface area contributed by atoms with Gasteiger partial charge in [0.15, 0.2) is 6.33 Å². The third-order valence-electron chi connectivity index (χ3n) is 1.57. The normalized spacial score (nSPS) is 10.0. The second-order valence-electron chi connectivity index (χ2n) is 2.35. The van der Waals surface area contributed by atoms with E-state index in [2.05, 4.69) is 4.98 Å². The van der Waals surface area contributed by atoms with E-state index in [1.807, 2.05) is 6.07 Å². The van der Waals surface area contributed by atoms with Crippen LogP contribution in [0.15, 0.2) is 43.1 Å². The van der Waals surface area contributed by atoms with Gasteiger partial charge in [-0.05, 0) is 6.07 Å². The zero-order valence-electron chi connectivity index (χ0n) is 6.29. The lowest BCUT2D eigenvalue weighted by atomic mass is 10.4. The Balaban J connectivity index is 2.55. The summed E-state index contributed by atoms with van der Waals surface area (Å²) in [6.07, 6.45) is 6.40. The molecule has 2 aromatic rings. The molecular formula is C8H7N3O. The monoisotopic (exact) mass is 161 g/mol. The fourth-order valence-electron chi connectivity index (χ4n) is 1.01. The predicted octanol–water partition coefficient (Wildman–Crippen LogP) is 0.506. The first-order valence-electron chi connectivity index (χ1n) is 3.54. The molecule has 0 aromatic carbocycles. The molecular weight excluding hydrogens is 154 g/mol. The zero-order valence-corrected chi connectivity index (χ0v) is 6.29. The topological polar surface area (TPSA) is 44.8 Å². The molecule has 0 aliphatic carbocycles. The van der Waals surface area contributed by atoms with Gasteiger partial charge in [-0.15, -0.1) is 0 Å². The lowest BCUT2D eigenvalue weighted by Gasteiger charge is -2.04. The fraction of sp³-hybridized carbons (Fsp3) is 0. The maximum atomic E-state index is 11.2. The number of hydrogen-bond donors (Lipinski definition) is 0. The number of nitrogens with zero attached hydrogens (tertiary/aromatic N) is 3. The van der Waals surface area contributed by atoms with Crippen molar-refractivity contribution in [2.75, 3.05) is 0 Å². The van der Waals surface area contributed by atoms with Crippen LogP contribution in [0.5, 0.6) is 0 Å². The highest BCUT2D eigenvalue weighted by Crippen LogP contribution is 1.98. The minimum Gasteiger partial charge on any atom is -0.711 e. The van der Waals surface area contributed by atoms with Crippen LogP contribution in [0, 0.1) is 5.21 Å². The van der Waals surface area contributed by atoms with Crippen LogP contribution in [0.2, 0.25) is 0 Å². The van der Waals surface area contributed by atoms with E-state index in [4.69, 9.17) is 0 Å². The lowest BCUT2D eigenvalue weighted by Crippen LogP contribution is -2.30. The number of imidazole rings is 1. The Kier molecular flexibility index (Phi) is 1.51. The fourth-order valence-corrected chi connectivity index (χ4v) is 1.01. The molecule has 0 spiro atoms. The second-order valence-corrected chi connectivity index (χ2v) is 2.35. The number of hydrogen-bond acceptors (Lipinski definition) is 2. The zero-order chi connectivity index (χ0) is 8.39. The Bertz CT molecular complexity index is 370. The summed E-state index contributed by atoms with van der Waals surface area (Å²) < 4.78 is 2.45. The molecule has 12 heavy (non-hydrogen) atoms. The maximum Gasteiger partial charge on any atom is 0.290 e. The predicted molar refractivity (Wildman–Crippen MR) is 42.5 cm³/mol. The van der Waals surface area contributed by atoms with Crippen molar-refractivity contribution in [2.24, 2.45) is 0 Å². The summed E-state index contributed by atoms with van der Waals surface area (Å²) in [6.45, 7) is 0. The molecule has 0 unspecified atom stereocenters. The van der Waals surface area contributed by atoms with Gasteiger partial charge >= 0.3 is 0 Å². The highest BCUT2D eigenvalue weighted by atomic mass is 16.5. The van der Waals surface area contributed by atoms with Crippen molar-refractivity contribution in [3.63, 3.8) is 0 Å². The molecule has 0 atom stereocenters. The maximum absolute atomic E-state index is 11.2. The molecule has 0 saturated carbocycles. The first kappa shape index (κ1) is 6.84. The molecule has 4 nitrogen and oxygen atoms in total. The van der Waals surface area contributed by atoms with Gasteiger partial charge in [-0.2, -0.15) is 4.57 Å². The number of pyridine rings is 1. The van der Waals surface area contributed by atoms with Gasteiger partial charge in [-0.3, -0.25) is 0 Å². The molecule has 0 aliphatic heterocycles. The summed E-state index contributed by atoms with van der Waals surface area (Å²) in [5.41, 5.74) is 0. The Morgan fingerprint density at radius 3 is 3.00 bits per heavy atom. The van der Waals surface area contributed by atoms with Gasteiger partial charge in [0.05, 0.1) is 12.4 Å². The first-order valence-corrected chi connectivity index (χ1v) is 3.54. The molecule has 0 aliphatic rings. The smallest absolute Gasteiger partial charge is 0.290 e. The van der Waals surface area contributed by atoms with Crippen molar-refractivity contribution in [2.45, 2.75) is 0 Å². The van der Waals surface area contributed by atoms with Crippen molar-refractivity contribution >= 4 is 0 Å². The van der Waals surface area contributed by atoms with Crippen molar-refractivity contribution in [1.82, 2.24) is 9.55 Å². The quantitative estimate of drug-likeness (QED) is 0.451. The van der Waals surface area contributed by atoms with E-state index in [1.165, 1.54) is 6.20 Å². The molecule has 0 saturated heterocycles. The van der Waals surface area contributed by atoms with E-state index in [9.17, 15) is 5.21 Å². The van der Waals surface area contributed by atoms with Crippen LogP contribution in [-0.4, -0.2) is 9.55 Å². The summed E-state index contributed by atoms with van der Waals surface area (Å²) >= 11 is 0. The lowest BCUT2D eigenvalue weighted by molar-refractivity contribution is -0.599. The summed E-state index contributed by atoms with van der Waals surface area (Å²) in [5, 5.41) is 11.2. The van der Waals surface area contributed by atoms with Crippen LogP contribution in [0.25, 0.3) is 5.82 Å². The molecule has 0 radical (unpaired) electrons. The van der Waals surface area contributed by atoms with Crippen LogP contribution < -0.4 is 4.73 Å². The van der Waals surface area contributed by atoms with E-state index in [0.717, 1.165) is 4.73 Å². The van der Waals surface area contributed by atoms with E-state index in [0.29, 0.717) is 5.82 Å². The summed E-state index contributed by atoms with van der Waals surface area (Å²) in [4.78, 5) is 3.85. The number of rotatable bonds is 1. The molecule has 0 amide bonds. The van der Waals surface area contributed by atoms with E-state index < -0.39 is 0 Å². The number of aromatic nitrogens is 3. The molecule has 2 rings (SSSR count). The largest absolute Gasteiger partial charge is 0.711 e. The van der Waals surface area contributed by atoms with Gasteiger partial charge in [0.1, 0.15) is 6.20 Å². The van der Waals surface area contributed by atoms with Crippen LogP contribution in [0.4, 0.5) is 0 Å². The Morgan fingerprint density at radius 1 is 1.42 bits per heavy atom. The van der Waals surface area contributed by atoms with E-state index >= 15 is 0 Å². The van der Waals surface area contributed by atoms with E-state index in [1.54, 1.807) is 35.4 Å². The first-order chi connectivity index (χ1) is 5.88. The van der Waals surface area contributed by atoms with Crippen LogP contribution in [0.3, 0.4) is 0 Å². The van der Waals surface area contributed by atoms with Gasteiger partial charge in [0.25, 0.3) is 5.82 Å². The minimum absolute atomic E-state index is 0.551. The highest BCUT2D eigenvalue weighted by Gasteiger charge is 2.03. The molecule has 2 aromatic heterocycles. The van der Waals surface area contributed by atoms with Crippen LogP contribution >= 0.6 is 0 Å². The van der Waals surface area contributed by atoms with E-state index in [-0.39, 0.29) is 0 Å². The summed E-state index contributed by atoms with van der Waals surface area (Å²) in [7, 11) is 0. The van der Waals surface area contributed by atoms with Gasteiger partial charge in [0.2, 0.25) is 0 Å². The molecule has 0 N–H and O–H groups in total. The van der Waals surface area contributed by atoms with Crippen molar-refractivity contribution < 1.29 is 4.73 Å². The molecule has 2 heterocycles. The van der Waals surface area contributed by atoms with Crippen LogP contribution in [0.1, 0.15) is 0 Å². The van der Waals surface area contributed by atoms with Gasteiger partial charge < -0.3 is 5.21 Å². The Hall–Kier alpha value is -1.84. The SMILES string of the molecule is [O-][n+]1ccccc1-n1ccnc1. The van der Waals surface area contributed by atoms with Crippen molar-refractivity contribution in [1.29, 1.82) is 0 Å². The third-order valence-corrected chi connectivity index (χ3v) is 1.57. The van der Waals surface area contributed by atoms with Gasteiger partial charge in [-0.25, -0.2) is 9.71 Å². The van der Waals surface area contributed by atoms with Gasteiger partial charge in [0, 0.05) is 6.07 Å². The molecule has 0 bridgehead atoms. The van der Waals surface area contributed by atoms with Crippen LogP contribution in [-0.2, 0) is 0 Å². The minimum atomic E-state index is 0.551. The standard InChI is InChI=1S/C8H7N3O/c12-11-5-2-1-3-8(11)10-6-4-9-7-10/h1-7H. The average Bonchev–Trinajstić information content (AvgIpc) is 2.57. The highest BCUT2D eigenvalue weighted by molar-refractivity contribution is 5.15. The van der Waals surface area contributed by atoms with Crippen molar-refractivity contribution in [3.05, 3.63) is 48.3 Å². The second kappa shape index (κ2) is 2.65. The summed E-state index contributed by atoms with van der Waals surface area (Å²) in [5.74, 6) is 0.551. The molecule has 60 valence electrons. The molecule has 4 heteroatoms. The Labute approximate surface area is 69.3 Å². The summed E-state index contributed by atoms with van der Waals surface area (Å²) in [6, 6.07) is 5.23.